The van der Waals surface area contributed by atoms with Gasteiger partial charge < -0.3 is 5.32 Å². The molecule has 140 valence electrons. The molecule has 0 bridgehead atoms. The van der Waals surface area contributed by atoms with Gasteiger partial charge in [0.05, 0.1) is 10.6 Å². The molecule has 0 spiro atoms. The van der Waals surface area contributed by atoms with Crippen LogP contribution < -0.4 is 5.32 Å². The first kappa shape index (κ1) is 18.3. The smallest absolute Gasteiger partial charge is 0.230 e. The highest BCUT2D eigenvalue weighted by Gasteiger charge is 2.30. The summed E-state index contributed by atoms with van der Waals surface area (Å²) in [5.41, 5.74) is 2.54. The number of thioether (sulfide) groups is 1. The van der Waals surface area contributed by atoms with E-state index in [9.17, 15) is 4.79 Å². The number of amides is 1. The van der Waals surface area contributed by atoms with Gasteiger partial charge in [-0.05, 0) is 48.8 Å². The zero-order valence-corrected chi connectivity index (χ0v) is 16.9. The quantitative estimate of drug-likeness (QED) is 0.580. The summed E-state index contributed by atoms with van der Waals surface area (Å²) in [5.74, 6) is 1.33. The normalized spacial score (nSPS) is 13.7. The third-order valence-corrected chi connectivity index (χ3v) is 6.44. The number of carbonyl (C=O) groups is 1. The predicted molar refractivity (Wildman–Crippen MR) is 110 cm³/mol. The molecule has 1 saturated carbocycles. The van der Waals surface area contributed by atoms with E-state index in [1.54, 1.807) is 11.3 Å². The highest BCUT2D eigenvalue weighted by atomic mass is 32.2. The SMILES string of the molecule is Cc1ccccc1CCNC(=O)CSc1nnc(-c2cccs2)n1C1CC1. The lowest BCUT2D eigenvalue weighted by atomic mass is 10.1. The van der Waals surface area contributed by atoms with Gasteiger partial charge in [0.25, 0.3) is 0 Å². The van der Waals surface area contributed by atoms with E-state index >= 15 is 0 Å². The molecule has 0 radical (unpaired) electrons. The van der Waals surface area contributed by atoms with Crippen LogP contribution in [0.15, 0.2) is 46.9 Å². The molecule has 1 aliphatic rings. The second-order valence-corrected chi connectivity index (χ2v) is 8.59. The van der Waals surface area contributed by atoms with Gasteiger partial charge in [-0.25, -0.2) is 0 Å². The largest absolute Gasteiger partial charge is 0.355 e. The van der Waals surface area contributed by atoms with Crippen LogP contribution in [0.5, 0.6) is 0 Å². The van der Waals surface area contributed by atoms with Gasteiger partial charge in [-0.15, -0.1) is 21.5 Å². The van der Waals surface area contributed by atoms with Crippen molar-refractivity contribution in [3.05, 3.63) is 52.9 Å². The molecule has 1 aromatic carbocycles. The van der Waals surface area contributed by atoms with Crippen molar-refractivity contribution < 1.29 is 4.79 Å². The Morgan fingerprint density at radius 3 is 2.85 bits per heavy atom. The molecule has 7 heteroatoms. The van der Waals surface area contributed by atoms with Crippen LogP contribution in [0.25, 0.3) is 10.7 Å². The summed E-state index contributed by atoms with van der Waals surface area (Å²) in [4.78, 5) is 13.4. The number of aromatic nitrogens is 3. The van der Waals surface area contributed by atoms with Crippen LogP contribution in [0.2, 0.25) is 0 Å². The van der Waals surface area contributed by atoms with Crippen LogP contribution in [0.3, 0.4) is 0 Å². The van der Waals surface area contributed by atoms with E-state index in [0.717, 1.165) is 35.1 Å². The highest BCUT2D eigenvalue weighted by Crippen LogP contribution is 2.41. The van der Waals surface area contributed by atoms with Crippen molar-refractivity contribution in [2.24, 2.45) is 0 Å². The standard InChI is InChI=1S/C20H22N4OS2/c1-14-5-2-3-6-15(14)10-11-21-18(25)13-27-20-23-22-19(17-7-4-12-26-17)24(20)16-8-9-16/h2-7,12,16H,8-11,13H2,1H3,(H,21,25). The Bertz CT molecular complexity index is 916. The molecule has 5 nitrogen and oxygen atoms in total. The van der Waals surface area contributed by atoms with E-state index in [1.165, 1.54) is 22.9 Å². The number of benzene rings is 1. The van der Waals surface area contributed by atoms with Crippen molar-refractivity contribution in [3.63, 3.8) is 0 Å². The van der Waals surface area contributed by atoms with Crippen molar-refractivity contribution in [1.29, 1.82) is 0 Å². The van der Waals surface area contributed by atoms with Crippen molar-refractivity contribution in [2.75, 3.05) is 12.3 Å². The van der Waals surface area contributed by atoms with Crippen LogP contribution in [-0.4, -0.2) is 33.0 Å². The molecule has 0 unspecified atom stereocenters. The van der Waals surface area contributed by atoms with Crippen LogP contribution in [0.1, 0.15) is 30.0 Å². The van der Waals surface area contributed by atoms with Gasteiger partial charge in [-0.2, -0.15) is 0 Å². The van der Waals surface area contributed by atoms with Gasteiger partial charge in [0, 0.05) is 12.6 Å². The summed E-state index contributed by atoms with van der Waals surface area (Å²) in [6, 6.07) is 12.9. The number of hydrogen-bond acceptors (Lipinski definition) is 5. The first-order valence-corrected chi connectivity index (χ1v) is 11.0. The molecule has 27 heavy (non-hydrogen) atoms. The maximum atomic E-state index is 12.2. The zero-order chi connectivity index (χ0) is 18.6. The van der Waals surface area contributed by atoms with Gasteiger partial charge in [0.15, 0.2) is 11.0 Å². The summed E-state index contributed by atoms with van der Waals surface area (Å²) in [5, 5.41) is 14.6. The van der Waals surface area contributed by atoms with Crippen LogP contribution >= 0.6 is 23.1 Å². The fourth-order valence-corrected chi connectivity index (χ4v) is 4.56. The fourth-order valence-electron chi connectivity index (χ4n) is 3.02. The second-order valence-electron chi connectivity index (χ2n) is 6.70. The summed E-state index contributed by atoms with van der Waals surface area (Å²) < 4.78 is 2.21. The van der Waals surface area contributed by atoms with Gasteiger partial charge in [-0.1, -0.05) is 42.1 Å². The van der Waals surface area contributed by atoms with Crippen LogP contribution in [0.4, 0.5) is 0 Å². The van der Waals surface area contributed by atoms with E-state index in [2.05, 4.69) is 50.6 Å². The highest BCUT2D eigenvalue weighted by molar-refractivity contribution is 7.99. The third-order valence-electron chi connectivity index (χ3n) is 4.63. The zero-order valence-electron chi connectivity index (χ0n) is 15.2. The van der Waals surface area contributed by atoms with E-state index in [4.69, 9.17) is 0 Å². The van der Waals surface area contributed by atoms with Gasteiger partial charge in [0.2, 0.25) is 5.91 Å². The molecule has 1 amide bonds. The Labute approximate surface area is 167 Å². The van der Waals surface area contributed by atoms with E-state index in [-0.39, 0.29) is 5.91 Å². The Kier molecular flexibility index (Phi) is 5.59. The van der Waals surface area contributed by atoms with Crippen molar-refractivity contribution in [2.45, 2.75) is 37.4 Å². The molecular formula is C20H22N4OS2. The van der Waals surface area contributed by atoms with Gasteiger partial charge >= 0.3 is 0 Å². The lowest BCUT2D eigenvalue weighted by Gasteiger charge is -2.09. The molecule has 1 fully saturated rings. The minimum Gasteiger partial charge on any atom is -0.355 e. The molecule has 1 aliphatic carbocycles. The third kappa shape index (κ3) is 4.42. The first-order chi connectivity index (χ1) is 13.2. The lowest BCUT2D eigenvalue weighted by Crippen LogP contribution is -2.27. The molecule has 0 saturated heterocycles. The van der Waals surface area contributed by atoms with E-state index < -0.39 is 0 Å². The Hall–Kier alpha value is -2.12. The summed E-state index contributed by atoms with van der Waals surface area (Å²) in [7, 11) is 0. The maximum Gasteiger partial charge on any atom is 0.230 e. The first-order valence-electron chi connectivity index (χ1n) is 9.15. The van der Waals surface area contributed by atoms with Crippen molar-refractivity contribution in [1.82, 2.24) is 20.1 Å². The number of aryl methyl sites for hydroxylation is 1. The number of hydrogen-bond donors (Lipinski definition) is 1. The van der Waals surface area contributed by atoms with Crippen molar-refractivity contribution in [3.8, 4) is 10.7 Å². The molecule has 1 N–H and O–H groups in total. The maximum absolute atomic E-state index is 12.2. The number of nitrogens with one attached hydrogen (secondary N) is 1. The van der Waals surface area contributed by atoms with E-state index in [1.807, 2.05) is 18.2 Å². The second kappa shape index (κ2) is 8.27. The fraction of sp³-hybridized carbons (Fsp3) is 0.350. The summed E-state index contributed by atoms with van der Waals surface area (Å²) in [6.45, 7) is 2.75. The Morgan fingerprint density at radius 1 is 1.26 bits per heavy atom. The average Bonchev–Trinajstić information content (AvgIpc) is 3.19. The molecule has 2 aromatic heterocycles. The minimum absolute atomic E-state index is 0.0385. The summed E-state index contributed by atoms with van der Waals surface area (Å²) in [6.07, 6.45) is 3.17. The van der Waals surface area contributed by atoms with Crippen LogP contribution in [-0.2, 0) is 11.2 Å². The number of nitrogens with zero attached hydrogens (tertiary/aromatic N) is 3. The Balaban J connectivity index is 1.32. The molecular weight excluding hydrogens is 376 g/mol. The predicted octanol–water partition coefficient (Wildman–Crippen LogP) is 4.10. The minimum atomic E-state index is 0.0385. The molecule has 0 aliphatic heterocycles. The monoisotopic (exact) mass is 398 g/mol. The van der Waals surface area contributed by atoms with Crippen molar-refractivity contribution >= 4 is 29.0 Å². The van der Waals surface area contributed by atoms with E-state index in [0.29, 0.717) is 18.3 Å². The molecule has 0 atom stereocenters. The average molecular weight is 399 g/mol. The van der Waals surface area contributed by atoms with Crippen LogP contribution in [0, 0.1) is 6.92 Å². The number of carbonyl (C=O) groups excluding carboxylic acids is 1. The topological polar surface area (TPSA) is 59.8 Å². The Morgan fingerprint density at radius 2 is 2.11 bits per heavy atom. The molecule has 4 rings (SSSR count). The molecule has 3 aromatic rings. The lowest BCUT2D eigenvalue weighted by molar-refractivity contribution is -0.118. The summed E-state index contributed by atoms with van der Waals surface area (Å²) >= 11 is 3.14. The van der Waals surface area contributed by atoms with Gasteiger partial charge in [0.1, 0.15) is 0 Å². The molecule has 2 heterocycles. The van der Waals surface area contributed by atoms with Gasteiger partial charge in [-0.3, -0.25) is 9.36 Å². The number of thiophene rings is 1. The number of rotatable bonds is 8.